The largest absolute Gasteiger partial charge is 0.512 e. The van der Waals surface area contributed by atoms with E-state index in [1.165, 1.54) is 6.08 Å². The first kappa shape index (κ1) is 30.3. The molecule has 0 atom stereocenters. The molecule has 0 unspecified atom stereocenters. The van der Waals surface area contributed by atoms with Crippen LogP contribution in [-0.4, -0.2) is 30.2 Å². The number of fused-ring (bicyclic) bond motifs is 3. The quantitative estimate of drug-likeness (QED) is 0.121. The van der Waals surface area contributed by atoms with Crippen LogP contribution in [0.15, 0.2) is 54.6 Å². The predicted molar refractivity (Wildman–Crippen MR) is 146 cm³/mol. The third kappa shape index (κ3) is 7.11. The van der Waals surface area contributed by atoms with Crippen molar-refractivity contribution in [2.45, 2.75) is 67.2 Å². The minimum Gasteiger partial charge on any atom is -0.512 e. The van der Waals surface area contributed by atoms with E-state index in [0.717, 1.165) is 65.0 Å². The average molecular weight is 678 g/mol. The molecule has 0 aliphatic heterocycles. The molecule has 1 N–H and O–H groups in total. The SMILES string of the molecule is CCC(CC)C(=O)/C=C(\O)C(CC)CC.Cc1nc2ncc3cnc(-c4[c-]cccc4)cc3n2c1C.[Ir]. The number of aryl methyl sites for hydroxylation is 2. The number of carbonyl (C=O) groups is 1. The number of rotatable bonds is 8. The second-order valence-electron chi connectivity index (χ2n) is 9.08. The maximum absolute atomic E-state index is 11.7. The van der Waals surface area contributed by atoms with Crippen LogP contribution < -0.4 is 0 Å². The fourth-order valence-electron chi connectivity index (χ4n) is 4.32. The molecule has 37 heavy (non-hydrogen) atoms. The number of imidazole rings is 1. The van der Waals surface area contributed by atoms with Gasteiger partial charge in [-0.25, -0.2) is 9.97 Å². The van der Waals surface area contributed by atoms with Gasteiger partial charge in [-0.2, -0.15) is 0 Å². The Morgan fingerprint density at radius 2 is 1.68 bits per heavy atom. The molecule has 0 saturated carbocycles. The second-order valence-corrected chi connectivity index (χ2v) is 9.08. The summed E-state index contributed by atoms with van der Waals surface area (Å²) in [5.74, 6) is 1.28. The van der Waals surface area contributed by atoms with Crippen molar-refractivity contribution >= 4 is 22.5 Å². The average Bonchev–Trinajstić information content (AvgIpc) is 3.19. The van der Waals surface area contributed by atoms with Crippen LogP contribution in [-0.2, 0) is 24.9 Å². The summed E-state index contributed by atoms with van der Waals surface area (Å²) in [4.78, 5) is 25.1. The van der Waals surface area contributed by atoms with Crippen LogP contribution in [0.4, 0.5) is 0 Å². The van der Waals surface area contributed by atoms with Gasteiger partial charge in [0.25, 0.3) is 0 Å². The van der Waals surface area contributed by atoms with Crippen LogP contribution in [0.2, 0.25) is 0 Å². The van der Waals surface area contributed by atoms with Crippen molar-refractivity contribution in [3.05, 3.63) is 72.0 Å². The van der Waals surface area contributed by atoms with Gasteiger partial charge in [0.05, 0.1) is 17.0 Å². The number of pyridine rings is 1. The standard InChI is InChI=1S/C17H13N4.C13H24O2.Ir/c1-11-12(2)21-16-8-15(13-6-4-3-5-7-13)18-9-14(16)10-19-17(21)20-11;1-5-10(6-2)12(14)9-13(15)11(7-3)8-4;/h3-6,8-10H,1-2H3;9-11,14H,5-8H2,1-4H3;/q-1;;/b;12-9-;. The number of aliphatic hydroxyl groups is 1. The molecule has 0 aliphatic rings. The molecule has 7 heteroatoms. The van der Waals surface area contributed by atoms with Gasteiger partial charge in [0.15, 0.2) is 5.78 Å². The van der Waals surface area contributed by atoms with Crippen LogP contribution in [0.3, 0.4) is 0 Å². The van der Waals surface area contributed by atoms with Crippen molar-refractivity contribution in [2.75, 3.05) is 0 Å². The zero-order chi connectivity index (χ0) is 26.2. The van der Waals surface area contributed by atoms with E-state index in [4.69, 9.17) is 0 Å². The summed E-state index contributed by atoms with van der Waals surface area (Å²) in [5.41, 5.74) is 5.07. The number of ketones is 1. The molecule has 3 heterocycles. The number of aromatic nitrogens is 4. The predicted octanol–water partition coefficient (Wildman–Crippen LogP) is 7.23. The Morgan fingerprint density at radius 3 is 2.27 bits per heavy atom. The topological polar surface area (TPSA) is 80.4 Å². The number of hydrogen-bond acceptors (Lipinski definition) is 5. The Labute approximate surface area is 233 Å². The van der Waals surface area contributed by atoms with Crippen molar-refractivity contribution < 1.29 is 30.0 Å². The van der Waals surface area contributed by atoms with Gasteiger partial charge in [-0.15, -0.1) is 35.9 Å². The first-order valence-electron chi connectivity index (χ1n) is 12.9. The molecule has 4 rings (SSSR count). The van der Waals surface area contributed by atoms with E-state index < -0.39 is 0 Å². The second kappa shape index (κ2) is 14.2. The molecule has 199 valence electrons. The monoisotopic (exact) mass is 678 g/mol. The summed E-state index contributed by atoms with van der Waals surface area (Å²) >= 11 is 0. The number of hydrogen-bond donors (Lipinski definition) is 1. The van der Waals surface area contributed by atoms with E-state index in [-0.39, 0.29) is 43.5 Å². The summed E-state index contributed by atoms with van der Waals surface area (Å²) in [6.07, 6.45) is 8.58. The maximum atomic E-state index is 11.7. The van der Waals surface area contributed by atoms with Crippen molar-refractivity contribution in [2.24, 2.45) is 11.8 Å². The van der Waals surface area contributed by atoms with E-state index in [1.54, 1.807) is 0 Å². The number of carbonyl (C=O) groups excluding carboxylic acids is 1. The first-order chi connectivity index (χ1) is 17.3. The smallest absolute Gasteiger partial charge is 0.234 e. The van der Waals surface area contributed by atoms with Gasteiger partial charge < -0.3 is 10.1 Å². The zero-order valence-electron chi connectivity index (χ0n) is 22.6. The zero-order valence-corrected chi connectivity index (χ0v) is 25.0. The minimum atomic E-state index is 0. The Hall–Kier alpha value is -2.89. The number of benzene rings is 1. The number of allylic oxidation sites excluding steroid dienone is 2. The van der Waals surface area contributed by atoms with E-state index >= 15 is 0 Å². The summed E-state index contributed by atoms with van der Waals surface area (Å²) in [6.45, 7) is 12.1. The molecule has 0 saturated heterocycles. The molecule has 0 amide bonds. The molecule has 0 spiro atoms. The van der Waals surface area contributed by atoms with Crippen molar-refractivity contribution in [1.29, 1.82) is 0 Å². The molecule has 3 aromatic heterocycles. The van der Waals surface area contributed by atoms with Gasteiger partial charge in [-0.1, -0.05) is 33.8 Å². The molecule has 6 nitrogen and oxygen atoms in total. The molecule has 1 radical (unpaired) electrons. The Kier molecular flexibility index (Phi) is 11.6. The van der Waals surface area contributed by atoms with Crippen LogP contribution in [0.5, 0.6) is 0 Å². The van der Waals surface area contributed by atoms with Gasteiger partial charge in [-0.3, -0.25) is 9.20 Å². The van der Waals surface area contributed by atoms with Crippen molar-refractivity contribution in [3.8, 4) is 11.3 Å². The number of aliphatic hydroxyl groups excluding tert-OH is 1. The Morgan fingerprint density at radius 1 is 1.03 bits per heavy atom. The molecule has 0 bridgehead atoms. The molecule has 1 aromatic carbocycles. The van der Waals surface area contributed by atoms with E-state index in [2.05, 4.69) is 38.4 Å². The van der Waals surface area contributed by atoms with Crippen LogP contribution >= 0.6 is 0 Å². The van der Waals surface area contributed by atoms with Crippen LogP contribution in [0.1, 0.15) is 64.8 Å². The van der Waals surface area contributed by atoms with E-state index in [1.807, 2.05) is 71.3 Å². The van der Waals surface area contributed by atoms with Crippen LogP contribution in [0.25, 0.3) is 27.9 Å². The first-order valence-corrected chi connectivity index (χ1v) is 12.9. The minimum absolute atomic E-state index is 0. The van der Waals surface area contributed by atoms with Gasteiger partial charge in [0.1, 0.15) is 0 Å². The molecule has 0 aliphatic carbocycles. The molecular weight excluding hydrogens is 641 g/mol. The summed E-state index contributed by atoms with van der Waals surface area (Å²) in [6, 6.07) is 13.1. The normalized spacial score (nSPS) is 11.5. The fourth-order valence-corrected chi connectivity index (χ4v) is 4.32. The Bertz CT molecular complexity index is 1340. The summed E-state index contributed by atoms with van der Waals surface area (Å²) < 4.78 is 2.08. The van der Waals surface area contributed by atoms with E-state index in [9.17, 15) is 9.90 Å². The van der Waals surface area contributed by atoms with E-state index in [0.29, 0.717) is 0 Å². The van der Waals surface area contributed by atoms with Gasteiger partial charge >= 0.3 is 0 Å². The summed E-state index contributed by atoms with van der Waals surface area (Å²) in [7, 11) is 0. The van der Waals surface area contributed by atoms with Crippen molar-refractivity contribution in [3.63, 3.8) is 0 Å². The van der Waals surface area contributed by atoms with Crippen LogP contribution in [0, 0.1) is 31.7 Å². The van der Waals surface area contributed by atoms with Gasteiger partial charge in [0, 0.05) is 61.5 Å². The third-order valence-corrected chi connectivity index (χ3v) is 6.87. The Balaban J connectivity index is 0.000000271. The fraction of sp³-hybridized carbons (Fsp3) is 0.400. The van der Waals surface area contributed by atoms with Crippen molar-refractivity contribution in [1.82, 2.24) is 19.4 Å². The molecule has 4 aromatic rings. The maximum Gasteiger partial charge on any atom is 0.234 e. The molecular formula is C30H37IrN4O2-. The van der Waals surface area contributed by atoms with Gasteiger partial charge in [-0.05, 0) is 45.2 Å². The summed E-state index contributed by atoms with van der Waals surface area (Å²) in [5, 5.41) is 10.8. The number of nitrogens with zero attached hydrogens (tertiary/aromatic N) is 4. The molecule has 0 fully saturated rings. The van der Waals surface area contributed by atoms with Gasteiger partial charge in [0.2, 0.25) is 5.78 Å². The third-order valence-electron chi connectivity index (χ3n) is 6.87.